The van der Waals surface area contributed by atoms with E-state index in [9.17, 15) is 9.59 Å². The zero-order chi connectivity index (χ0) is 25.9. The Hall–Kier alpha value is -4.64. The topological polar surface area (TPSA) is 67.4 Å². The lowest BCUT2D eigenvalue weighted by Crippen LogP contribution is -2.23. The summed E-state index contributed by atoms with van der Waals surface area (Å²) in [5, 5.41) is 7.12. The Labute approximate surface area is 222 Å². The fraction of sp³-hybridized carbons (Fsp3) is 0.152. The predicted molar refractivity (Wildman–Crippen MR) is 149 cm³/mol. The van der Waals surface area contributed by atoms with Crippen LogP contribution in [0.1, 0.15) is 52.4 Å². The van der Waals surface area contributed by atoms with Crippen molar-refractivity contribution in [2.24, 2.45) is 0 Å². The molecule has 2 aliphatic rings. The molecule has 0 saturated carbocycles. The summed E-state index contributed by atoms with van der Waals surface area (Å²) >= 11 is 0. The van der Waals surface area contributed by atoms with Gasteiger partial charge in [0.1, 0.15) is 12.4 Å². The van der Waals surface area contributed by atoms with Crippen LogP contribution in [-0.2, 0) is 11.4 Å². The summed E-state index contributed by atoms with van der Waals surface area (Å²) in [6.07, 6.45) is 2.10. The summed E-state index contributed by atoms with van der Waals surface area (Å²) in [6.45, 7) is 0.470. The minimum atomic E-state index is -0.331. The van der Waals surface area contributed by atoms with E-state index in [0.717, 1.165) is 52.4 Å². The summed E-state index contributed by atoms with van der Waals surface area (Å²) in [5.41, 5.74) is 6.61. The summed E-state index contributed by atoms with van der Waals surface area (Å²) in [5.74, 6) is 0.855. The lowest BCUT2D eigenvalue weighted by molar-refractivity contribution is -0.116. The van der Waals surface area contributed by atoms with Crippen molar-refractivity contribution < 1.29 is 14.3 Å². The van der Waals surface area contributed by atoms with E-state index in [1.807, 2.05) is 103 Å². The SMILES string of the molecule is O=C1CCCC2=C1[C@H](c1cccc(OCc3ccccc3)c1)Nc1ccc(C(=O)c3ccccc3)cc1N2. The van der Waals surface area contributed by atoms with Crippen LogP contribution < -0.4 is 15.4 Å². The van der Waals surface area contributed by atoms with E-state index in [-0.39, 0.29) is 17.6 Å². The van der Waals surface area contributed by atoms with Crippen molar-refractivity contribution in [3.8, 4) is 5.75 Å². The monoisotopic (exact) mass is 500 g/mol. The highest BCUT2D eigenvalue weighted by atomic mass is 16.5. The fourth-order valence-electron chi connectivity index (χ4n) is 5.16. The highest BCUT2D eigenvalue weighted by Gasteiger charge is 2.32. The van der Waals surface area contributed by atoms with Crippen molar-refractivity contribution in [3.63, 3.8) is 0 Å². The van der Waals surface area contributed by atoms with Gasteiger partial charge < -0.3 is 15.4 Å². The van der Waals surface area contributed by atoms with Crippen molar-refractivity contribution in [2.45, 2.75) is 31.9 Å². The van der Waals surface area contributed by atoms with Crippen LogP contribution in [0.5, 0.6) is 5.75 Å². The first-order valence-electron chi connectivity index (χ1n) is 13.0. The van der Waals surface area contributed by atoms with E-state index in [2.05, 4.69) is 10.6 Å². The van der Waals surface area contributed by atoms with Crippen LogP contribution in [-0.4, -0.2) is 11.6 Å². The summed E-state index contributed by atoms with van der Waals surface area (Å²) in [6, 6.07) is 32.6. The highest BCUT2D eigenvalue weighted by Crippen LogP contribution is 2.41. The third kappa shape index (κ3) is 4.83. The largest absolute Gasteiger partial charge is 0.489 e. The first-order chi connectivity index (χ1) is 18.7. The third-order valence-corrected chi connectivity index (χ3v) is 7.09. The summed E-state index contributed by atoms with van der Waals surface area (Å²) in [7, 11) is 0. The molecule has 38 heavy (non-hydrogen) atoms. The van der Waals surface area contributed by atoms with Crippen LogP contribution in [0.2, 0.25) is 0 Å². The Kier molecular flexibility index (Phi) is 6.49. The van der Waals surface area contributed by atoms with Gasteiger partial charge in [-0.2, -0.15) is 0 Å². The number of anilines is 2. The number of carbonyl (C=O) groups is 2. The predicted octanol–water partition coefficient (Wildman–Crippen LogP) is 7.08. The number of nitrogens with one attached hydrogen (secondary N) is 2. The molecule has 0 saturated heterocycles. The molecule has 5 heteroatoms. The maximum atomic E-state index is 13.2. The van der Waals surface area contributed by atoms with E-state index < -0.39 is 0 Å². The first kappa shape index (κ1) is 23.7. The molecule has 1 atom stereocenters. The minimum absolute atomic E-state index is 0.0341. The van der Waals surface area contributed by atoms with E-state index in [1.54, 1.807) is 0 Å². The first-order valence-corrected chi connectivity index (χ1v) is 13.0. The van der Waals surface area contributed by atoms with Gasteiger partial charge in [-0.15, -0.1) is 0 Å². The fourth-order valence-corrected chi connectivity index (χ4v) is 5.16. The van der Waals surface area contributed by atoms with E-state index in [4.69, 9.17) is 4.74 Å². The van der Waals surface area contributed by atoms with Crippen LogP contribution >= 0.6 is 0 Å². The van der Waals surface area contributed by atoms with E-state index >= 15 is 0 Å². The van der Waals surface area contributed by atoms with Gasteiger partial charge >= 0.3 is 0 Å². The van der Waals surface area contributed by atoms with Gasteiger partial charge in [-0.25, -0.2) is 0 Å². The van der Waals surface area contributed by atoms with Crippen LogP contribution in [0.3, 0.4) is 0 Å². The Balaban J connectivity index is 1.34. The molecule has 6 rings (SSSR count). The van der Waals surface area contributed by atoms with Crippen molar-refractivity contribution >= 4 is 22.9 Å². The summed E-state index contributed by atoms with van der Waals surface area (Å²) < 4.78 is 6.09. The van der Waals surface area contributed by atoms with Gasteiger partial charge in [-0.1, -0.05) is 72.8 Å². The summed E-state index contributed by atoms with van der Waals surface area (Å²) in [4.78, 5) is 26.4. The molecular weight excluding hydrogens is 472 g/mol. The van der Waals surface area contributed by atoms with Gasteiger partial charge in [0.15, 0.2) is 11.6 Å². The molecular formula is C33H28N2O3. The lowest BCUT2D eigenvalue weighted by atomic mass is 9.86. The molecule has 1 aliphatic heterocycles. The maximum absolute atomic E-state index is 13.2. The molecule has 0 spiro atoms. The maximum Gasteiger partial charge on any atom is 0.193 e. The Bertz CT molecular complexity index is 1530. The number of Topliss-reactive ketones (excluding diaryl/α,β-unsaturated/α-hetero) is 1. The second kappa shape index (κ2) is 10.4. The Morgan fingerprint density at radius 1 is 0.789 bits per heavy atom. The molecule has 0 unspecified atom stereocenters. The molecule has 188 valence electrons. The molecule has 2 N–H and O–H groups in total. The number of fused-ring (bicyclic) bond motifs is 1. The number of rotatable bonds is 6. The van der Waals surface area contributed by atoms with Crippen molar-refractivity contribution in [2.75, 3.05) is 10.6 Å². The normalized spacial score (nSPS) is 16.4. The molecule has 0 amide bonds. The van der Waals surface area contributed by atoms with Gasteiger partial charge in [-0.3, -0.25) is 9.59 Å². The highest BCUT2D eigenvalue weighted by molar-refractivity contribution is 6.10. The van der Waals surface area contributed by atoms with Crippen LogP contribution in [0.15, 0.2) is 114 Å². The average molecular weight is 501 g/mol. The Morgan fingerprint density at radius 3 is 2.39 bits per heavy atom. The molecule has 0 aromatic heterocycles. The van der Waals surface area contributed by atoms with Crippen LogP contribution in [0.25, 0.3) is 0 Å². The van der Waals surface area contributed by atoms with Gasteiger partial charge in [-0.05, 0) is 54.3 Å². The lowest BCUT2D eigenvalue weighted by Gasteiger charge is -2.25. The number of ether oxygens (including phenoxy) is 1. The number of carbonyl (C=O) groups excluding carboxylic acids is 2. The number of allylic oxidation sites excluding steroid dienone is 1. The number of ketones is 2. The quantitative estimate of drug-likeness (QED) is 0.277. The molecule has 0 fully saturated rings. The van der Waals surface area contributed by atoms with Crippen molar-refractivity contribution in [3.05, 3.63) is 137 Å². The second-order valence-corrected chi connectivity index (χ2v) is 9.67. The van der Waals surface area contributed by atoms with Crippen LogP contribution in [0.4, 0.5) is 11.4 Å². The minimum Gasteiger partial charge on any atom is -0.489 e. The van der Waals surface area contributed by atoms with Gasteiger partial charge in [0.2, 0.25) is 0 Å². The number of hydrogen-bond donors (Lipinski definition) is 2. The zero-order valence-electron chi connectivity index (χ0n) is 20.9. The smallest absolute Gasteiger partial charge is 0.193 e. The molecule has 0 radical (unpaired) electrons. The second-order valence-electron chi connectivity index (χ2n) is 9.67. The number of hydrogen-bond acceptors (Lipinski definition) is 5. The third-order valence-electron chi connectivity index (χ3n) is 7.09. The van der Waals surface area contributed by atoms with E-state index in [1.165, 1.54) is 0 Å². The molecule has 5 nitrogen and oxygen atoms in total. The van der Waals surface area contributed by atoms with E-state index in [0.29, 0.717) is 24.2 Å². The Morgan fingerprint density at radius 2 is 1.58 bits per heavy atom. The van der Waals surface area contributed by atoms with Crippen molar-refractivity contribution in [1.82, 2.24) is 0 Å². The molecule has 4 aromatic rings. The van der Waals surface area contributed by atoms with Gasteiger partial charge in [0, 0.05) is 28.8 Å². The zero-order valence-corrected chi connectivity index (χ0v) is 20.9. The average Bonchev–Trinajstić information content (AvgIpc) is 3.14. The molecule has 0 bridgehead atoms. The van der Waals surface area contributed by atoms with Crippen molar-refractivity contribution in [1.29, 1.82) is 0 Å². The standard InChI is InChI=1S/C33H28N2O3/c36-30-16-8-15-28-31(30)32(24-13-7-14-26(19-24)38-21-22-9-3-1-4-10-22)35-27-18-17-25(20-29(27)34-28)33(37)23-11-5-2-6-12-23/h1-7,9-14,17-20,32,34-35H,8,15-16,21H2/t32-/m0/s1. The molecule has 4 aromatic carbocycles. The van der Waals surface area contributed by atoms with Gasteiger partial charge in [0.05, 0.1) is 17.4 Å². The molecule has 1 aliphatic carbocycles. The number of benzene rings is 4. The van der Waals surface area contributed by atoms with Crippen LogP contribution in [0, 0.1) is 0 Å². The molecule has 1 heterocycles. The van der Waals surface area contributed by atoms with Gasteiger partial charge in [0.25, 0.3) is 0 Å².